The zero-order chi connectivity index (χ0) is 48.8. The first kappa shape index (κ1) is 54.2. The van der Waals surface area contributed by atoms with E-state index in [1.165, 1.54) is 94.5 Å². The van der Waals surface area contributed by atoms with Gasteiger partial charge in [0.15, 0.2) is 52.4 Å². The van der Waals surface area contributed by atoms with Gasteiger partial charge in [-0.2, -0.15) is 10.7 Å². The van der Waals surface area contributed by atoms with Gasteiger partial charge in [-0.25, -0.2) is 65.9 Å². The second-order valence-electron chi connectivity index (χ2n) is 15.6. The molecule has 0 atom stereocenters. The predicted molar refractivity (Wildman–Crippen MR) is 220 cm³/mol. The molecule has 0 saturated heterocycles. The molecule has 2 fully saturated rings. The van der Waals surface area contributed by atoms with Crippen LogP contribution in [0.4, 0.5) is 65.9 Å². The number of halogens is 15. The van der Waals surface area contributed by atoms with E-state index in [9.17, 15) is 44.9 Å². The third-order valence-corrected chi connectivity index (χ3v) is 11.6. The quantitative estimate of drug-likeness (QED) is 0.0550. The van der Waals surface area contributed by atoms with Gasteiger partial charge in [0.2, 0.25) is 0 Å². The summed E-state index contributed by atoms with van der Waals surface area (Å²) in [4.78, 5) is 0. The van der Waals surface area contributed by atoms with Crippen molar-refractivity contribution in [3.05, 3.63) is 187 Å². The molecule has 2 saturated carbocycles. The fraction of sp³-hybridized carbons (Fsp3) is 0.250. The Morgan fingerprint density at radius 2 is 0.701 bits per heavy atom. The Morgan fingerprint density at radius 3 is 0.955 bits per heavy atom. The summed E-state index contributed by atoms with van der Waals surface area (Å²) in [5.74, 6) is -46.1. The monoisotopic (exact) mass is 1030 g/mol. The Kier molecular flexibility index (Phi) is 18.7. The topological polar surface area (TPSA) is 46.1 Å². The first-order chi connectivity index (χ1) is 31.3. The zero-order valence-corrected chi connectivity index (χ0v) is 37.9. The summed E-state index contributed by atoms with van der Waals surface area (Å²) < 4.78 is 226. The van der Waals surface area contributed by atoms with Crippen molar-refractivity contribution in [3.63, 3.8) is 0 Å². The van der Waals surface area contributed by atoms with Crippen molar-refractivity contribution >= 4 is 28.2 Å². The van der Waals surface area contributed by atoms with Crippen LogP contribution in [0.3, 0.4) is 0 Å². The minimum absolute atomic E-state index is 0. The normalized spacial score (nSPS) is 14.7. The van der Waals surface area contributed by atoms with Gasteiger partial charge in [0.1, 0.15) is 41.0 Å². The van der Waals surface area contributed by atoms with Gasteiger partial charge in [0, 0.05) is 0 Å². The van der Waals surface area contributed by atoms with E-state index in [4.69, 9.17) is 5.26 Å². The molecule has 0 heterocycles. The largest absolute Gasteiger partial charge is 2.00 e. The smallest absolute Gasteiger partial charge is 0.803 e. The summed E-state index contributed by atoms with van der Waals surface area (Å²) in [7, 11) is 0. The third-order valence-electron chi connectivity index (χ3n) is 11.6. The second kappa shape index (κ2) is 23.1. The Labute approximate surface area is 394 Å². The molecule has 0 spiro atoms. The van der Waals surface area contributed by atoms with Gasteiger partial charge in [0.05, 0.1) is 11.6 Å². The Bertz CT molecular complexity index is 2480. The SMILES string of the molecule is C1CCCC1.C1CCCC1.CC1=C([B-](c2c(F)c(F)c(F)c(F)c2F)(c2c(F)c(F)c(F)c(F)c2F)c2c(F)c(F)c(F)c(F)c2F)C/1=C(\C)C(=[N-])c1ccccc1.N#Cc1ccccc1.[Zr+2]. The van der Waals surface area contributed by atoms with Gasteiger partial charge in [-0.3, -0.25) is 0 Å². The van der Waals surface area contributed by atoms with E-state index in [-0.39, 0.29) is 31.8 Å². The number of rotatable bonds is 6. The fourth-order valence-electron chi connectivity index (χ4n) is 8.41. The number of hydrogen-bond acceptors (Lipinski definition) is 1. The molecule has 0 aliphatic heterocycles. The molecular formula is C48H36BF15N2Zr. The minimum Gasteiger partial charge on any atom is -0.803 e. The Hall–Kier alpha value is -5.36. The fourth-order valence-corrected chi connectivity index (χ4v) is 8.41. The van der Waals surface area contributed by atoms with Gasteiger partial charge >= 0.3 is 26.2 Å². The summed E-state index contributed by atoms with van der Waals surface area (Å²) in [6.45, 7) is 1.72. The summed E-state index contributed by atoms with van der Waals surface area (Å²) >= 11 is 0. The molecule has 3 aliphatic carbocycles. The molecule has 0 N–H and O–H groups in total. The van der Waals surface area contributed by atoms with Gasteiger partial charge in [-0.15, -0.1) is 22.1 Å². The first-order valence-electron chi connectivity index (χ1n) is 20.5. The molecule has 5 aromatic carbocycles. The number of benzene rings is 5. The van der Waals surface area contributed by atoms with Crippen LogP contribution in [0.5, 0.6) is 0 Å². The Morgan fingerprint density at radius 1 is 0.448 bits per heavy atom. The van der Waals surface area contributed by atoms with Crippen molar-refractivity contribution in [1.82, 2.24) is 0 Å². The zero-order valence-electron chi connectivity index (χ0n) is 35.5. The molecule has 8 rings (SSSR count). The minimum atomic E-state index is -5.89. The molecule has 350 valence electrons. The van der Waals surface area contributed by atoms with Crippen molar-refractivity contribution in [1.29, 1.82) is 5.26 Å². The number of nitriles is 1. The van der Waals surface area contributed by atoms with Crippen LogP contribution in [0.25, 0.3) is 5.41 Å². The number of nitrogens with zero attached hydrogens (tertiary/aromatic N) is 2. The van der Waals surface area contributed by atoms with Crippen molar-refractivity contribution < 1.29 is 92.1 Å². The van der Waals surface area contributed by atoms with Crippen molar-refractivity contribution in [3.8, 4) is 6.07 Å². The van der Waals surface area contributed by atoms with E-state index in [0.29, 0.717) is 5.56 Å². The molecule has 67 heavy (non-hydrogen) atoms. The maximum atomic E-state index is 15.8. The average molecular weight is 1030 g/mol. The maximum Gasteiger partial charge on any atom is 2.00 e. The van der Waals surface area contributed by atoms with Crippen LogP contribution in [0, 0.1) is 98.6 Å². The Balaban J connectivity index is 0.000000425. The van der Waals surface area contributed by atoms with Crippen LogP contribution in [-0.2, 0) is 26.2 Å². The first-order valence-corrected chi connectivity index (χ1v) is 20.5. The van der Waals surface area contributed by atoms with Crippen LogP contribution < -0.4 is 16.4 Å². The van der Waals surface area contributed by atoms with Gasteiger partial charge in [0.25, 0.3) is 0 Å². The van der Waals surface area contributed by atoms with E-state index < -0.39 is 138 Å². The summed E-state index contributed by atoms with van der Waals surface area (Å²) in [6, 6.07) is 17.8. The van der Waals surface area contributed by atoms with Gasteiger partial charge in [-0.05, 0) is 31.5 Å². The van der Waals surface area contributed by atoms with Crippen LogP contribution in [0.1, 0.15) is 89.2 Å². The van der Waals surface area contributed by atoms with E-state index in [2.05, 4.69) is 0 Å². The number of allylic oxidation sites excluding steroid dienone is 4. The average Bonchev–Trinajstić information content (AvgIpc) is 3.83. The van der Waals surface area contributed by atoms with Crippen molar-refractivity contribution in [2.75, 3.05) is 0 Å². The predicted octanol–water partition coefficient (Wildman–Crippen LogP) is 12.9. The van der Waals surface area contributed by atoms with Gasteiger partial charge < -0.3 is 5.41 Å². The maximum absolute atomic E-state index is 15.8. The number of hydrogen-bond donors (Lipinski definition) is 0. The second-order valence-corrected chi connectivity index (χ2v) is 15.6. The molecule has 0 aromatic heterocycles. The van der Waals surface area contributed by atoms with E-state index in [1.807, 2.05) is 24.3 Å². The van der Waals surface area contributed by atoms with E-state index in [1.54, 1.807) is 12.1 Å². The summed E-state index contributed by atoms with van der Waals surface area (Å²) in [5.41, 5.74) is -11.8. The molecule has 0 unspecified atom stereocenters. The van der Waals surface area contributed by atoms with Crippen molar-refractivity contribution in [2.45, 2.75) is 78.1 Å². The summed E-state index contributed by atoms with van der Waals surface area (Å²) in [5, 5.41) is 19.2. The van der Waals surface area contributed by atoms with Gasteiger partial charge in [-0.1, -0.05) is 129 Å². The molecule has 19 heteroatoms. The molecule has 0 amide bonds. The van der Waals surface area contributed by atoms with Crippen LogP contribution >= 0.6 is 0 Å². The third kappa shape index (κ3) is 10.5. The van der Waals surface area contributed by atoms with E-state index >= 15 is 26.3 Å². The van der Waals surface area contributed by atoms with Crippen molar-refractivity contribution in [2.24, 2.45) is 0 Å². The standard InChI is InChI=1S/C31H11BF15N.C7H5N.2C5H10.Zr/c1-8-11(9(2)31(48)10-6-4-3-5-7-10)12(8)32(13-16(33)22(39)28(45)23(40)17(13)34,14-18(35)24(41)29(46)25(42)19(14)36)15-20(37)26(43)30(47)27(44)21(15)38;8-6-7-4-2-1-3-5-7;2*1-2-4-5-3-1;/h3-7H,1-2H3;1-5H;2*1-5H2;/q-2;;;;+2/b11-9+;;;;. The molecular weight excluding hydrogens is 992 g/mol. The van der Waals surface area contributed by atoms with Crippen LogP contribution in [-0.4, -0.2) is 11.9 Å². The van der Waals surface area contributed by atoms with Crippen LogP contribution in [0.2, 0.25) is 0 Å². The molecule has 2 nitrogen and oxygen atoms in total. The molecule has 3 aliphatic rings. The molecule has 0 radical (unpaired) electrons. The van der Waals surface area contributed by atoms with Crippen LogP contribution in [0.15, 0.2) is 82.9 Å². The summed E-state index contributed by atoms with van der Waals surface area (Å²) in [6.07, 6.45) is 9.11. The molecule has 0 bridgehead atoms. The van der Waals surface area contributed by atoms with E-state index in [0.717, 1.165) is 13.8 Å². The molecule has 5 aromatic rings.